The van der Waals surface area contributed by atoms with Gasteiger partial charge in [0.25, 0.3) is 0 Å². The monoisotopic (exact) mass is 456 g/mol. The highest BCUT2D eigenvalue weighted by molar-refractivity contribution is 7.80. The Morgan fingerprint density at radius 2 is 1.84 bits per heavy atom. The van der Waals surface area contributed by atoms with Crippen LogP contribution in [0.25, 0.3) is 0 Å². The number of methoxy groups -OCH3 is 1. The summed E-state index contributed by atoms with van der Waals surface area (Å²) in [5.41, 5.74) is 1.11. The van der Waals surface area contributed by atoms with Crippen molar-refractivity contribution in [1.82, 2.24) is 15.3 Å². The van der Waals surface area contributed by atoms with E-state index in [1.165, 1.54) is 12.8 Å². The molecule has 2 fully saturated rings. The smallest absolute Gasteiger partial charge is 0.232 e. The van der Waals surface area contributed by atoms with Gasteiger partial charge >= 0.3 is 0 Å². The minimum absolute atomic E-state index is 0.498. The van der Waals surface area contributed by atoms with Crippen LogP contribution in [0.2, 0.25) is 0 Å². The second-order valence-corrected chi connectivity index (χ2v) is 8.76. The number of aromatic nitrogens is 2. The van der Waals surface area contributed by atoms with E-state index < -0.39 is 0 Å². The highest BCUT2D eigenvalue weighted by atomic mass is 32.1. The van der Waals surface area contributed by atoms with Gasteiger partial charge < -0.3 is 29.9 Å². The third-order valence-corrected chi connectivity index (χ3v) is 6.10. The summed E-state index contributed by atoms with van der Waals surface area (Å²) in [7, 11) is 1.66. The molecular formula is C23H32N6O2S. The van der Waals surface area contributed by atoms with Crippen LogP contribution in [0.1, 0.15) is 25.3 Å². The van der Waals surface area contributed by atoms with Crippen LogP contribution in [-0.2, 0) is 11.3 Å². The van der Waals surface area contributed by atoms with Gasteiger partial charge in [-0.3, -0.25) is 0 Å². The fourth-order valence-electron chi connectivity index (χ4n) is 4.06. The van der Waals surface area contributed by atoms with Gasteiger partial charge in [0.2, 0.25) is 5.95 Å². The number of hydrogen-bond donors (Lipinski definition) is 2. The van der Waals surface area contributed by atoms with E-state index in [2.05, 4.69) is 33.4 Å². The van der Waals surface area contributed by atoms with E-state index in [0.717, 1.165) is 49.1 Å². The molecule has 0 bridgehead atoms. The lowest BCUT2D eigenvalue weighted by Crippen LogP contribution is -2.38. The first-order chi connectivity index (χ1) is 15.6. The molecule has 1 aromatic heterocycles. The van der Waals surface area contributed by atoms with Crippen LogP contribution in [-0.4, -0.2) is 61.6 Å². The molecule has 4 rings (SSSR count). The standard InChI is InChI=1S/C23H32N6O2S/c1-17-4-3-9-29(16-17)21-14-20(28-10-12-31-13-11-28)25-22(26-21)27-23(32)24-15-18-5-7-19(30-2)8-6-18/h5-8,14,17H,3-4,9-13,15-16H2,1-2H3,(H2,24,25,26,27,32)/t17-/m0/s1. The first kappa shape index (κ1) is 22.5. The number of hydrogen-bond acceptors (Lipinski definition) is 7. The molecule has 2 aliphatic heterocycles. The van der Waals surface area contributed by atoms with Crippen molar-refractivity contribution >= 4 is 34.9 Å². The number of nitrogens with one attached hydrogen (secondary N) is 2. The van der Waals surface area contributed by atoms with Crippen LogP contribution in [0, 0.1) is 5.92 Å². The first-order valence-electron chi connectivity index (χ1n) is 11.3. The van der Waals surface area contributed by atoms with Gasteiger partial charge in [0.15, 0.2) is 5.11 Å². The predicted octanol–water partition coefficient (Wildman–Crippen LogP) is 3.04. The SMILES string of the molecule is COc1ccc(CNC(=S)Nc2nc(N3CCOCC3)cc(N3CCC[C@H](C)C3)n2)cc1. The minimum Gasteiger partial charge on any atom is -0.497 e. The Hall–Kier alpha value is -2.65. The third kappa shape index (κ3) is 5.98. The van der Waals surface area contributed by atoms with Gasteiger partial charge in [-0.2, -0.15) is 9.97 Å². The molecule has 2 aliphatic rings. The van der Waals surface area contributed by atoms with Gasteiger partial charge in [0, 0.05) is 38.8 Å². The third-order valence-electron chi connectivity index (χ3n) is 5.85. The molecular weight excluding hydrogens is 424 g/mol. The van der Waals surface area contributed by atoms with Gasteiger partial charge in [0.05, 0.1) is 20.3 Å². The molecule has 0 saturated carbocycles. The zero-order chi connectivity index (χ0) is 22.3. The molecule has 2 N–H and O–H groups in total. The Morgan fingerprint density at radius 3 is 2.53 bits per heavy atom. The van der Waals surface area contributed by atoms with Crippen molar-refractivity contribution in [3.05, 3.63) is 35.9 Å². The quantitative estimate of drug-likeness (QED) is 0.638. The molecule has 3 heterocycles. The molecule has 0 amide bonds. The summed E-state index contributed by atoms with van der Waals surface area (Å²) in [4.78, 5) is 14.2. The van der Waals surface area contributed by atoms with E-state index in [0.29, 0.717) is 36.7 Å². The summed E-state index contributed by atoms with van der Waals surface area (Å²) >= 11 is 5.53. The maximum atomic E-state index is 5.53. The van der Waals surface area contributed by atoms with Crippen LogP contribution in [0.3, 0.4) is 0 Å². The summed E-state index contributed by atoms with van der Waals surface area (Å²) in [5, 5.41) is 6.93. The molecule has 172 valence electrons. The Balaban J connectivity index is 1.46. The van der Waals surface area contributed by atoms with E-state index in [1.807, 2.05) is 24.3 Å². The average molecular weight is 457 g/mol. The first-order valence-corrected chi connectivity index (χ1v) is 11.7. The minimum atomic E-state index is 0.498. The molecule has 2 aromatic rings. The molecule has 0 unspecified atom stereocenters. The normalized spacial score (nSPS) is 18.9. The van der Waals surface area contributed by atoms with Crippen molar-refractivity contribution in [3.63, 3.8) is 0 Å². The van der Waals surface area contributed by atoms with Gasteiger partial charge in [0.1, 0.15) is 17.4 Å². The topological polar surface area (TPSA) is 74.8 Å². The molecule has 1 aromatic carbocycles. The molecule has 0 radical (unpaired) electrons. The van der Waals surface area contributed by atoms with Crippen molar-refractivity contribution in [2.45, 2.75) is 26.3 Å². The predicted molar refractivity (Wildman–Crippen MR) is 132 cm³/mol. The lowest BCUT2D eigenvalue weighted by atomic mass is 10.0. The van der Waals surface area contributed by atoms with E-state index in [-0.39, 0.29) is 0 Å². The van der Waals surface area contributed by atoms with Crippen molar-refractivity contribution < 1.29 is 9.47 Å². The van der Waals surface area contributed by atoms with E-state index >= 15 is 0 Å². The van der Waals surface area contributed by atoms with E-state index in [9.17, 15) is 0 Å². The number of piperidine rings is 1. The molecule has 2 saturated heterocycles. The van der Waals surface area contributed by atoms with Gasteiger partial charge in [-0.15, -0.1) is 0 Å². The average Bonchev–Trinajstić information content (AvgIpc) is 2.83. The summed E-state index contributed by atoms with van der Waals surface area (Å²) in [5.74, 6) is 3.89. The number of nitrogens with zero attached hydrogens (tertiary/aromatic N) is 4. The van der Waals surface area contributed by atoms with Crippen molar-refractivity contribution in [3.8, 4) is 5.75 Å². The zero-order valence-corrected chi connectivity index (χ0v) is 19.7. The van der Waals surface area contributed by atoms with Crippen LogP contribution in [0.5, 0.6) is 5.75 Å². The summed E-state index contributed by atoms with van der Waals surface area (Å²) in [6.45, 7) is 8.01. The Kier molecular flexibility index (Phi) is 7.59. The van der Waals surface area contributed by atoms with Crippen LogP contribution < -0.4 is 25.2 Å². The number of ether oxygens (including phenoxy) is 2. The summed E-state index contributed by atoms with van der Waals surface area (Å²) in [6.07, 6.45) is 2.45. The molecule has 1 atom stereocenters. The molecule has 0 spiro atoms. The number of morpholine rings is 1. The Morgan fingerprint density at radius 1 is 1.12 bits per heavy atom. The number of rotatable bonds is 6. The maximum absolute atomic E-state index is 5.53. The van der Waals surface area contributed by atoms with Gasteiger partial charge in [-0.05, 0) is 48.7 Å². The van der Waals surface area contributed by atoms with Crippen LogP contribution in [0.15, 0.2) is 30.3 Å². The second-order valence-electron chi connectivity index (χ2n) is 8.36. The Labute approximate surface area is 195 Å². The van der Waals surface area contributed by atoms with Crippen molar-refractivity contribution in [2.24, 2.45) is 5.92 Å². The molecule has 32 heavy (non-hydrogen) atoms. The highest BCUT2D eigenvalue weighted by Crippen LogP contribution is 2.26. The fraction of sp³-hybridized carbons (Fsp3) is 0.522. The Bertz CT molecular complexity index is 904. The fourth-order valence-corrected chi connectivity index (χ4v) is 4.23. The van der Waals surface area contributed by atoms with E-state index in [1.54, 1.807) is 7.11 Å². The molecule has 0 aliphatic carbocycles. The van der Waals surface area contributed by atoms with E-state index in [4.69, 9.17) is 31.7 Å². The van der Waals surface area contributed by atoms with Gasteiger partial charge in [-0.25, -0.2) is 0 Å². The van der Waals surface area contributed by atoms with Crippen molar-refractivity contribution in [1.29, 1.82) is 0 Å². The summed E-state index contributed by atoms with van der Waals surface area (Å²) in [6, 6.07) is 10.0. The zero-order valence-electron chi connectivity index (χ0n) is 18.8. The van der Waals surface area contributed by atoms with Gasteiger partial charge in [-0.1, -0.05) is 19.1 Å². The van der Waals surface area contributed by atoms with Crippen LogP contribution in [0.4, 0.5) is 17.6 Å². The lowest BCUT2D eigenvalue weighted by molar-refractivity contribution is 0.122. The lowest BCUT2D eigenvalue weighted by Gasteiger charge is -2.33. The maximum Gasteiger partial charge on any atom is 0.232 e. The number of anilines is 3. The number of benzene rings is 1. The highest BCUT2D eigenvalue weighted by Gasteiger charge is 2.21. The molecule has 9 heteroatoms. The van der Waals surface area contributed by atoms with Crippen molar-refractivity contribution in [2.75, 3.05) is 61.6 Å². The van der Waals surface area contributed by atoms with Crippen LogP contribution >= 0.6 is 12.2 Å². The molecule has 8 nitrogen and oxygen atoms in total. The number of thiocarbonyl (C=S) groups is 1. The summed E-state index contributed by atoms with van der Waals surface area (Å²) < 4.78 is 10.7. The second kappa shape index (κ2) is 10.8. The largest absolute Gasteiger partial charge is 0.497 e.